The number of carbonyl (C=O) groups is 1. The number of ether oxygens (including phenoxy) is 1. The van der Waals surface area contributed by atoms with E-state index < -0.39 is 12.6 Å². The lowest BCUT2D eigenvalue weighted by atomic mass is 10.4. The van der Waals surface area contributed by atoms with Gasteiger partial charge < -0.3 is 4.74 Å². The van der Waals surface area contributed by atoms with Crippen molar-refractivity contribution in [3.05, 3.63) is 12.2 Å². The SMILES string of the molecule is [CH]=C(C)C(=O)OCCF. The van der Waals surface area contributed by atoms with E-state index >= 15 is 0 Å². The van der Waals surface area contributed by atoms with Gasteiger partial charge in [-0.25, -0.2) is 9.18 Å². The van der Waals surface area contributed by atoms with Gasteiger partial charge in [-0.15, -0.1) is 0 Å². The summed E-state index contributed by atoms with van der Waals surface area (Å²) in [6.07, 6.45) is 0. The molecule has 0 spiro atoms. The average molecular weight is 131 g/mol. The maximum absolute atomic E-state index is 11.3. The Labute approximate surface area is 53.3 Å². The van der Waals surface area contributed by atoms with Crippen molar-refractivity contribution in [1.82, 2.24) is 0 Å². The van der Waals surface area contributed by atoms with Gasteiger partial charge in [0.25, 0.3) is 0 Å². The fourth-order valence-corrected chi connectivity index (χ4v) is 0.245. The van der Waals surface area contributed by atoms with Gasteiger partial charge in [0.2, 0.25) is 0 Å². The van der Waals surface area contributed by atoms with E-state index in [2.05, 4.69) is 4.74 Å². The molecule has 0 amide bonds. The van der Waals surface area contributed by atoms with Crippen LogP contribution in [0.2, 0.25) is 0 Å². The van der Waals surface area contributed by atoms with Gasteiger partial charge in [-0.3, -0.25) is 0 Å². The molecule has 0 saturated heterocycles. The number of rotatable bonds is 3. The number of esters is 1. The Bertz CT molecular complexity index is 120. The molecule has 0 aromatic rings. The fraction of sp³-hybridized carbons (Fsp3) is 0.500. The first kappa shape index (κ1) is 8.14. The quantitative estimate of drug-likeness (QED) is 0.419. The van der Waals surface area contributed by atoms with Crippen LogP contribution in [0, 0.1) is 6.58 Å². The average Bonchev–Trinajstić information content (AvgIpc) is 1.82. The highest BCUT2D eigenvalue weighted by Gasteiger charge is 2.00. The molecule has 51 valence electrons. The van der Waals surface area contributed by atoms with E-state index in [0.717, 1.165) is 0 Å². The van der Waals surface area contributed by atoms with E-state index in [1.807, 2.05) is 0 Å². The van der Waals surface area contributed by atoms with Crippen LogP contribution in [0.25, 0.3) is 0 Å². The molecule has 0 aromatic heterocycles. The Balaban J connectivity index is 3.39. The molecule has 0 aromatic carbocycles. The summed E-state index contributed by atoms with van der Waals surface area (Å²) < 4.78 is 15.6. The maximum Gasteiger partial charge on any atom is 0.333 e. The first-order valence-corrected chi connectivity index (χ1v) is 2.50. The lowest BCUT2D eigenvalue weighted by Gasteiger charge is -1.98. The van der Waals surface area contributed by atoms with Crippen molar-refractivity contribution in [3.8, 4) is 0 Å². The molecular weight excluding hydrogens is 123 g/mol. The van der Waals surface area contributed by atoms with E-state index in [4.69, 9.17) is 6.58 Å². The molecule has 1 radical (unpaired) electrons. The van der Waals surface area contributed by atoms with Gasteiger partial charge in [-0.2, -0.15) is 0 Å². The first-order valence-electron chi connectivity index (χ1n) is 2.50. The Hall–Kier alpha value is -0.860. The molecule has 0 aliphatic carbocycles. The van der Waals surface area contributed by atoms with E-state index in [9.17, 15) is 9.18 Å². The van der Waals surface area contributed by atoms with Gasteiger partial charge in [0.15, 0.2) is 0 Å². The second-order valence-electron chi connectivity index (χ2n) is 1.51. The third kappa shape index (κ3) is 3.70. The third-order valence-electron chi connectivity index (χ3n) is 0.632. The summed E-state index contributed by atoms with van der Waals surface area (Å²) in [4.78, 5) is 10.4. The van der Waals surface area contributed by atoms with Crippen LogP contribution in [0.15, 0.2) is 5.57 Å². The molecule has 0 rings (SSSR count). The lowest BCUT2D eigenvalue weighted by Crippen LogP contribution is -2.06. The Morgan fingerprint density at radius 1 is 1.78 bits per heavy atom. The minimum Gasteiger partial charge on any atom is -0.460 e. The normalized spacial score (nSPS) is 8.67. The summed E-state index contributed by atoms with van der Waals surface area (Å²) in [6, 6.07) is 0. The smallest absolute Gasteiger partial charge is 0.333 e. The van der Waals surface area contributed by atoms with Crippen molar-refractivity contribution in [2.75, 3.05) is 13.3 Å². The predicted octanol–water partition coefficient (Wildman–Crippen LogP) is 0.878. The summed E-state index contributed by atoms with van der Waals surface area (Å²) >= 11 is 0. The standard InChI is InChI=1S/C6H8FO2/c1-5(2)6(8)9-4-3-7/h1H,3-4H2,2H3. The van der Waals surface area contributed by atoms with Crippen LogP contribution in [0.5, 0.6) is 0 Å². The van der Waals surface area contributed by atoms with Gasteiger partial charge in [0, 0.05) is 5.57 Å². The van der Waals surface area contributed by atoms with Crippen molar-refractivity contribution in [2.45, 2.75) is 6.92 Å². The number of hydrogen-bond donors (Lipinski definition) is 0. The zero-order valence-corrected chi connectivity index (χ0v) is 5.19. The molecule has 2 nitrogen and oxygen atoms in total. The van der Waals surface area contributed by atoms with E-state index in [1.54, 1.807) is 0 Å². The van der Waals surface area contributed by atoms with Gasteiger partial charge in [-0.1, -0.05) is 6.58 Å². The molecule has 0 aliphatic rings. The van der Waals surface area contributed by atoms with Gasteiger partial charge in [0.1, 0.15) is 13.3 Å². The number of halogens is 1. The Kier molecular flexibility index (Phi) is 3.67. The summed E-state index contributed by atoms with van der Waals surface area (Å²) in [5.74, 6) is -0.646. The topological polar surface area (TPSA) is 26.3 Å². The summed E-state index contributed by atoms with van der Waals surface area (Å²) in [5.41, 5.74) is 0.0449. The van der Waals surface area contributed by atoms with Crippen LogP contribution in [-0.4, -0.2) is 19.3 Å². The second kappa shape index (κ2) is 4.06. The number of hydrogen-bond acceptors (Lipinski definition) is 2. The second-order valence-corrected chi connectivity index (χ2v) is 1.51. The van der Waals surface area contributed by atoms with E-state index in [-0.39, 0.29) is 12.2 Å². The lowest BCUT2D eigenvalue weighted by molar-refractivity contribution is -0.139. The number of carbonyl (C=O) groups excluding carboxylic acids is 1. The molecule has 3 heteroatoms. The molecule has 0 fully saturated rings. The third-order valence-corrected chi connectivity index (χ3v) is 0.632. The molecule has 9 heavy (non-hydrogen) atoms. The minimum absolute atomic E-state index is 0.0449. The van der Waals surface area contributed by atoms with Gasteiger partial charge in [-0.05, 0) is 6.92 Å². The molecule has 0 atom stereocenters. The van der Waals surface area contributed by atoms with Crippen LogP contribution in [0.4, 0.5) is 4.39 Å². The first-order chi connectivity index (χ1) is 4.18. The van der Waals surface area contributed by atoms with Crippen LogP contribution in [-0.2, 0) is 9.53 Å². The summed E-state index contributed by atoms with van der Waals surface area (Å²) in [7, 11) is 0. The summed E-state index contributed by atoms with van der Waals surface area (Å²) in [6.45, 7) is 5.52. The monoisotopic (exact) mass is 131 g/mol. The summed E-state index contributed by atoms with van der Waals surface area (Å²) in [5, 5.41) is 0. The predicted molar refractivity (Wildman–Crippen MR) is 30.4 cm³/mol. The van der Waals surface area contributed by atoms with Gasteiger partial charge in [0.05, 0.1) is 0 Å². The van der Waals surface area contributed by atoms with Crippen LogP contribution in [0.1, 0.15) is 6.92 Å². The van der Waals surface area contributed by atoms with Crippen LogP contribution >= 0.6 is 0 Å². The maximum atomic E-state index is 11.3. The van der Waals surface area contributed by atoms with Crippen molar-refractivity contribution >= 4 is 5.97 Å². The van der Waals surface area contributed by atoms with Crippen molar-refractivity contribution in [3.63, 3.8) is 0 Å². The zero-order valence-electron chi connectivity index (χ0n) is 5.19. The highest BCUT2D eigenvalue weighted by molar-refractivity contribution is 5.86. The van der Waals surface area contributed by atoms with E-state index in [0.29, 0.717) is 0 Å². The zero-order chi connectivity index (χ0) is 7.28. The molecule has 0 N–H and O–H groups in total. The molecular formula is C6H8FO2. The Morgan fingerprint density at radius 2 is 2.33 bits per heavy atom. The van der Waals surface area contributed by atoms with Crippen molar-refractivity contribution in [1.29, 1.82) is 0 Å². The van der Waals surface area contributed by atoms with Crippen LogP contribution in [0.3, 0.4) is 0 Å². The fourth-order valence-electron chi connectivity index (χ4n) is 0.245. The largest absolute Gasteiger partial charge is 0.460 e. The molecule has 0 bridgehead atoms. The van der Waals surface area contributed by atoms with Crippen molar-refractivity contribution < 1.29 is 13.9 Å². The molecule has 0 unspecified atom stereocenters. The molecule has 0 heterocycles. The van der Waals surface area contributed by atoms with Crippen LogP contribution < -0.4 is 0 Å². The number of alkyl halides is 1. The van der Waals surface area contributed by atoms with Gasteiger partial charge >= 0.3 is 5.97 Å². The highest BCUT2D eigenvalue weighted by Crippen LogP contribution is 1.90. The molecule has 0 saturated carbocycles. The highest BCUT2D eigenvalue weighted by atomic mass is 19.1. The van der Waals surface area contributed by atoms with E-state index in [1.165, 1.54) is 6.92 Å². The minimum atomic E-state index is -0.668. The van der Waals surface area contributed by atoms with Crippen molar-refractivity contribution in [2.24, 2.45) is 0 Å². The molecule has 0 aliphatic heterocycles. The Morgan fingerprint density at radius 3 is 2.67 bits per heavy atom.